The molecule has 0 amide bonds. The zero-order valence-electron chi connectivity index (χ0n) is 13.7. The van der Waals surface area contributed by atoms with E-state index < -0.39 is 6.10 Å². The minimum atomic E-state index is -0.443. The number of aliphatic hydroxyl groups excluding tert-OH is 1. The van der Waals surface area contributed by atoms with E-state index in [9.17, 15) is 5.11 Å². The van der Waals surface area contributed by atoms with E-state index in [0.717, 1.165) is 55.4 Å². The van der Waals surface area contributed by atoms with E-state index in [2.05, 4.69) is 5.32 Å². The molecule has 23 heavy (non-hydrogen) atoms. The highest BCUT2D eigenvalue weighted by molar-refractivity contribution is 5.58. The summed E-state index contributed by atoms with van der Waals surface area (Å²) in [4.78, 5) is 0. The van der Waals surface area contributed by atoms with Crippen LogP contribution in [0.5, 0.6) is 0 Å². The molecule has 2 aromatic rings. The molecule has 4 nitrogen and oxygen atoms in total. The normalized spacial score (nSPS) is 12.0. The second-order valence-corrected chi connectivity index (χ2v) is 5.29. The second-order valence-electron chi connectivity index (χ2n) is 5.29. The van der Waals surface area contributed by atoms with E-state index in [1.807, 2.05) is 43.3 Å². The van der Waals surface area contributed by atoms with E-state index in [4.69, 9.17) is 9.15 Å². The zero-order valence-corrected chi connectivity index (χ0v) is 14.5. The predicted molar refractivity (Wildman–Crippen MR) is 87.6 cm³/mol. The minimum Gasteiger partial charge on any atom is -1.00 e. The number of nitrogens with one attached hydrogen (secondary N) is 1. The zero-order chi connectivity index (χ0) is 15.8. The molecule has 2 N–H and O–H groups in total. The lowest BCUT2D eigenvalue weighted by Crippen LogP contribution is -3.00. The van der Waals surface area contributed by atoms with Crippen LogP contribution in [0.4, 0.5) is 0 Å². The summed E-state index contributed by atoms with van der Waals surface area (Å²) in [6.07, 6.45) is 0.560. The van der Waals surface area contributed by atoms with Crippen molar-refractivity contribution in [2.24, 2.45) is 0 Å². The first kappa shape index (κ1) is 19.7. The fraction of sp³-hybridized carbons (Fsp3) is 0.444. The van der Waals surface area contributed by atoms with Gasteiger partial charge < -0.3 is 32.0 Å². The first-order valence-corrected chi connectivity index (χ1v) is 7.86. The Balaban J connectivity index is 0.00000264. The molecule has 0 aliphatic carbocycles. The second kappa shape index (κ2) is 10.4. The third-order valence-electron chi connectivity index (χ3n) is 3.48. The molecule has 0 spiro atoms. The number of furan rings is 1. The van der Waals surface area contributed by atoms with Crippen molar-refractivity contribution >= 4 is 0 Å². The van der Waals surface area contributed by atoms with E-state index >= 15 is 0 Å². The van der Waals surface area contributed by atoms with E-state index in [1.165, 1.54) is 0 Å². The van der Waals surface area contributed by atoms with Crippen LogP contribution in [0.1, 0.15) is 37.7 Å². The van der Waals surface area contributed by atoms with Gasteiger partial charge in [-0.2, -0.15) is 0 Å². The Hall–Kier alpha value is -1.33. The van der Waals surface area contributed by atoms with Crippen LogP contribution in [-0.2, 0) is 11.3 Å². The highest BCUT2D eigenvalue weighted by Crippen LogP contribution is 2.24. The molecule has 0 bridgehead atoms. The molecule has 128 valence electrons. The first-order chi connectivity index (χ1) is 10.7. The number of hydrogen-bond acceptors (Lipinski definition) is 4. The van der Waals surface area contributed by atoms with Crippen molar-refractivity contribution in [2.75, 3.05) is 19.8 Å². The van der Waals surface area contributed by atoms with Crippen LogP contribution in [0.3, 0.4) is 0 Å². The summed E-state index contributed by atoms with van der Waals surface area (Å²) >= 11 is 0. The molecule has 0 saturated carbocycles. The molecular weight excluding hydrogens is 314 g/mol. The average molecular weight is 339 g/mol. The van der Waals surface area contributed by atoms with Gasteiger partial charge in [0.05, 0.1) is 12.6 Å². The predicted octanol–water partition coefficient (Wildman–Crippen LogP) is 0.520. The topological polar surface area (TPSA) is 54.6 Å². The number of hydrogen-bond donors (Lipinski definition) is 2. The quantitative estimate of drug-likeness (QED) is 0.655. The third-order valence-corrected chi connectivity index (χ3v) is 3.48. The van der Waals surface area contributed by atoms with Crippen LogP contribution in [0.25, 0.3) is 11.3 Å². The van der Waals surface area contributed by atoms with Crippen LogP contribution >= 0.6 is 0 Å². The molecule has 5 heteroatoms. The maximum Gasteiger partial charge on any atom is 0.134 e. The molecule has 0 aliphatic heterocycles. The highest BCUT2D eigenvalue weighted by atomic mass is 35.5. The van der Waals surface area contributed by atoms with Crippen molar-refractivity contribution in [3.8, 4) is 11.3 Å². The Bertz CT molecular complexity index is 552. The lowest BCUT2D eigenvalue weighted by atomic mass is 10.1. The summed E-state index contributed by atoms with van der Waals surface area (Å²) in [5.41, 5.74) is 1.93. The molecule has 1 heterocycles. The van der Waals surface area contributed by atoms with Gasteiger partial charge in [-0.3, -0.25) is 0 Å². The smallest absolute Gasteiger partial charge is 0.134 e. The fourth-order valence-corrected chi connectivity index (χ4v) is 2.21. The summed E-state index contributed by atoms with van der Waals surface area (Å²) in [5, 5.41) is 12.9. The average Bonchev–Trinajstić information content (AvgIpc) is 3.00. The largest absolute Gasteiger partial charge is 1.00 e. The van der Waals surface area contributed by atoms with Gasteiger partial charge in [-0.25, -0.2) is 0 Å². The molecule has 1 aromatic carbocycles. The van der Waals surface area contributed by atoms with Crippen molar-refractivity contribution in [2.45, 2.75) is 32.9 Å². The van der Waals surface area contributed by atoms with Gasteiger partial charge in [-0.05, 0) is 44.5 Å². The number of ether oxygens (including phenoxy) is 1. The lowest BCUT2D eigenvalue weighted by molar-refractivity contribution is -0.00000790. The maximum absolute atomic E-state index is 9.52. The van der Waals surface area contributed by atoms with Gasteiger partial charge in [0.15, 0.2) is 0 Å². The summed E-state index contributed by atoms with van der Waals surface area (Å²) in [7, 11) is 0. The molecule has 0 aliphatic rings. The van der Waals surface area contributed by atoms with Crippen LogP contribution in [0.15, 0.2) is 40.8 Å². The van der Waals surface area contributed by atoms with Gasteiger partial charge in [-0.15, -0.1) is 0 Å². The Morgan fingerprint density at radius 1 is 1.17 bits per heavy atom. The summed E-state index contributed by atoms with van der Waals surface area (Å²) in [6, 6.07) is 11.8. The van der Waals surface area contributed by atoms with Crippen molar-refractivity contribution in [1.82, 2.24) is 5.32 Å². The molecule has 1 aromatic heterocycles. The van der Waals surface area contributed by atoms with Gasteiger partial charge in [0, 0.05) is 18.8 Å². The van der Waals surface area contributed by atoms with Gasteiger partial charge in [0.1, 0.15) is 11.5 Å². The van der Waals surface area contributed by atoms with Crippen LogP contribution in [0, 0.1) is 0 Å². The first-order valence-electron chi connectivity index (χ1n) is 7.86. The number of aliphatic hydroxyl groups is 1. The standard InChI is InChI=1S/C18H25NO3.ClH/c1-3-21-12-4-11-19-13-17-9-10-18(22-17)16-7-5-15(6-8-16)14(2)20;/h5-10,14,19-20H,3-4,11-13H2,1-2H3;1H/p-1. The maximum atomic E-state index is 9.52. The molecule has 0 saturated heterocycles. The Labute approximate surface area is 144 Å². The van der Waals surface area contributed by atoms with Gasteiger partial charge in [-0.1, -0.05) is 24.3 Å². The van der Waals surface area contributed by atoms with Gasteiger partial charge in [0.25, 0.3) is 0 Å². The van der Waals surface area contributed by atoms with Crippen molar-refractivity contribution in [1.29, 1.82) is 0 Å². The molecule has 1 atom stereocenters. The molecule has 2 rings (SSSR count). The fourth-order valence-electron chi connectivity index (χ4n) is 2.21. The summed E-state index contributed by atoms with van der Waals surface area (Å²) in [5.74, 6) is 1.77. The van der Waals surface area contributed by atoms with Crippen molar-refractivity contribution in [3.63, 3.8) is 0 Å². The third kappa shape index (κ3) is 6.36. The molecular formula is C18H25ClNO3-. The Morgan fingerprint density at radius 3 is 2.57 bits per heavy atom. The van der Waals surface area contributed by atoms with Gasteiger partial charge in [0.2, 0.25) is 0 Å². The molecule has 0 fully saturated rings. The van der Waals surface area contributed by atoms with Crippen molar-refractivity contribution < 1.29 is 26.7 Å². The van der Waals surface area contributed by atoms with E-state index in [1.54, 1.807) is 6.92 Å². The highest BCUT2D eigenvalue weighted by Gasteiger charge is 2.06. The van der Waals surface area contributed by atoms with Crippen LogP contribution < -0.4 is 17.7 Å². The summed E-state index contributed by atoms with van der Waals surface area (Å²) in [6.45, 7) is 6.97. The van der Waals surface area contributed by atoms with Crippen molar-refractivity contribution in [3.05, 3.63) is 47.7 Å². The van der Waals surface area contributed by atoms with E-state index in [0.29, 0.717) is 0 Å². The summed E-state index contributed by atoms with van der Waals surface area (Å²) < 4.78 is 11.1. The van der Waals surface area contributed by atoms with Gasteiger partial charge >= 0.3 is 0 Å². The monoisotopic (exact) mass is 338 g/mol. The van der Waals surface area contributed by atoms with Crippen LogP contribution in [-0.4, -0.2) is 24.9 Å². The number of rotatable bonds is 9. The number of benzene rings is 1. The molecule has 1 unspecified atom stereocenters. The Kier molecular flexibility index (Phi) is 8.95. The molecule has 0 radical (unpaired) electrons. The SMILES string of the molecule is CCOCCCNCc1ccc(-c2ccc(C(C)O)cc2)o1.[Cl-]. The van der Waals surface area contributed by atoms with E-state index in [-0.39, 0.29) is 12.4 Å². The number of halogens is 1. The lowest BCUT2D eigenvalue weighted by Gasteiger charge is -2.05. The van der Waals surface area contributed by atoms with Crippen LogP contribution in [0.2, 0.25) is 0 Å². The Morgan fingerprint density at radius 2 is 1.91 bits per heavy atom. The minimum absolute atomic E-state index is 0.